The monoisotopic (exact) mass is 630 g/mol. The van der Waals surface area contributed by atoms with Crippen LogP contribution in [0, 0.1) is 18.7 Å². The lowest BCUT2D eigenvalue weighted by molar-refractivity contribution is -0.136. The van der Waals surface area contributed by atoms with Crippen LogP contribution in [0.15, 0.2) is 90.3 Å². The molecule has 44 heavy (non-hydrogen) atoms. The molecule has 1 aromatic heterocycles. The summed E-state index contributed by atoms with van der Waals surface area (Å²) in [5, 5.41) is 8.62. The van der Waals surface area contributed by atoms with Crippen molar-refractivity contribution in [3.8, 4) is 0 Å². The molecule has 3 heterocycles. The van der Waals surface area contributed by atoms with Gasteiger partial charge in [0.1, 0.15) is 11.9 Å². The summed E-state index contributed by atoms with van der Waals surface area (Å²) in [5.41, 5.74) is 2.81. The van der Waals surface area contributed by atoms with Crippen LogP contribution in [-0.2, 0) is 4.79 Å². The Morgan fingerprint density at radius 1 is 0.932 bits per heavy atom. The normalized spacial score (nSPS) is 21.7. The zero-order valence-electron chi connectivity index (χ0n) is 24.1. The number of Topliss-reactive ketones (excluding diaryl/α,β-unsaturated/α-hetero) is 1. The number of ketones is 1. The molecule has 3 amide bonds. The number of urea groups is 1. The quantitative estimate of drug-likeness (QED) is 0.238. The summed E-state index contributed by atoms with van der Waals surface area (Å²) in [6, 6.07) is 21.5. The van der Waals surface area contributed by atoms with Gasteiger partial charge in [-0.1, -0.05) is 54.1 Å². The molecule has 0 saturated carbocycles. The van der Waals surface area contributed by atoms with Crippen LogP contribution in [-0.4, -0.2) is 59.7 Å². The molecule has 0 radical (unpaired) electrons. The molecule has 7 nitrogen and oxygen atoms in total. The molecule has 10 heteroatoms. The average Bonchev–Trinajstić information content (AvgIpc) is 3.69. The van der Waals surface area contributed by atoms with Crippen LogP contribution >= 0.6 is 22.9 Å². The number of thiophene rings is 1. The fourth-order valence-corrected chi connectivity index (χ4v) is 7.25. The number of nitrogens with zero attached hydrogens (tertiary/aromatic N) is 2. The fraction of sp³-hybridized carbons (Fsp3) is 0.265. The maximum absolute atomic E-state index is 14.6. The summed E-state index contributed by atoms with van der Waals surface area (Å²) in [6.45, 7) is 4.12. The van der Waals surface area contributed by atoms with Crippen molar-refractivity contribution in [2.75, 3.05) is 31.5 Å². The van der Waals surface area contributed by atoms with Crippen LogP contribution in [0.5, 0.6) is 0 Å². The van der Waals surface area contributed by atoms with Crippen molar-refractivity contribution in [2.45, 2.75) is 24.9 Å². The van der Waals surface area contributed by atoms with Crippen molar-refractivity contribution in [3.05, 3.63) is 123 Å². The number of aryl methyl sites for hydroxylation is 1. The first-order valence-corrected chi connectivity index (χ1v) is 15.8. The van der Waals surface area contributed by atoms with E-state index < -0.39 is 35.8 Å². The molecule has 4 unspecified atom stereocenters. The highest BCUT2D eigenvalue weighted by molar-refractivity contribution is 7.12. The number of piperazine rings is 1. The molecule has 6 rings (SSSR count). The molecule has 3 aromatic carbocycles. The number of hydrogen-bond donors (Lipinski definition) is 2. The van der Waals surface area contributed by atoms with E-state index in [4.69, 9.17) is 11.6 Å². The topological polar surface area (TPSA) is 81.8 Å². The lowest BCUT2D eigenvalue weighted by Gasteiger charge is -2.36. The van der Waals surface area contributed by atoms with E-state index in [1.807, 2.05) is 48.7 Å². The molecule has 2 aliphatic heterocycles. The third kappa shape index (κ3) is 6.00. The largest absolute Gasteiger partial charge is 0.338 e. The van der Waals surface area contributed by atoms with Gasteiger partial charge in [-0.25, -0.2) is 9.18 Å². The minimum Gasteiger partial charge on any atom is -0.338 e. The van der Waals surface area contributed by atoms with E-state index in [-0.39, 0.29) is 11.7 Å². The van der Waals surface area contributed by atoms with Crippen LogP contribution in [0.3, 0.4) is 0 Å². The van der Waals surface area contributed by atoms with E-state index in [0.717, 1.165) is 11.1 Å². The predicted molar refractivity (Wildman–Crippen MR) is 171 cm³/mol. The van der Waals surface area contributed by atoms with Crippen molar-refractivity contribution in [1.29, 1.82) is 0 Å². The second-order valence-corrected chi connectivity index (χ2v) is 12.6. The highest BCUT2D eigenvalue weighted by Gasteiger charge is 2.58. The van der Waals surface area contributed by atoms with Crippen molar-refractivity contribution in [3.63, 3.8) is 0 Å². The minimum atomic E-state index is -1.02. The number of rotatable bonds is 6. The molecular weight excluding hydrogens is 599 g/mol. The van der Waals surface area contributed by atoms with Gasteiger partial charge >= 0.3 is 6.03 Å². The third-order valence-electron chi connectivity index (χ3n) is 8.39. The van der Waals surface area contributed by atoms with Crippen LogP contribution in [0.4, 0.5) is 14.9 Å². The Kier molecular flexibility index (Phi) is 8.79. The fourth-order valence-electron chi connectivity index (χ4n) is 6.41. The van der Waals surface area contributed by atoms with Gasteiger partial charge in [0, 0.05) is 42.8 Å². The standard InChI is InChI=1S/C34H32ClFN4O3S/c1-21-4-2-5-26(20-21)38-34(43)40-30(23-9-13-25(36)14-10-23)29(32(41)27-6-3-19-44-27)28(22-7-11-24(35)12-8-22)31(40)33(42)39-17-15-37-16-18-39/h2-14,19-20,28-31,37H,15-18H2,1H3,(H,38,43). The van der Waals surface area contributed by atoms with E-state index in [1.54, 1.807) is 41.3 Å². The Morgan fingerprint density at radius 3 is 2.30 bits per heavy atom. The van der Waals surface area contributed by atoms with Crippen LogP contribution in [0.1, 0.15) is 38.3 Å². The van der Waals surface area contributed by atoms with Crippen LogP contribution in [0.25, 0.3) is 0 Å². The molecule has 4 atom stereocenters. The van der Waals surface area contributed by atoms with Crippen LogP contribution in [0.2, 0.25) is 5.02 Å². The lowest BCUT2D eigenvalue weighted by Crippen LogP contribution is -2.55. The molecule has 226 valence electrons. The number of anilines is 1. The van der Waals surface area contributed by atoms with Gasteiger partial charge in [-0.3, -0.25) is 9.59 Å². The van der Waals surface area contributed by atoms with Crippen LogP contribution < -0.4 is 10.6 Å². The van der Waals surface area contributed by atoms with Gasteiger partial charge in [-0.15, -0.1) is 11.3 Å². The maximum Gasteiger partial charge on any atom is 0.323 e. The zero-order valence-corrected chi connectivity index (χ0v) is 25.7. The second kappa shape index (κ2) is 12.9. The summed E-state index contributed by atoms with van der Waals surface area (Å²) < 4.78 is 14.2. The smallest absolute Gasteiger partial charge is 0.323 e. The predicted octanol–water partition coefficient (Wildman–Crippen LogP) is 6.52. The lowest BCUT2D eigenvalue weighted by atomic mass is 9.77. The Balaban J connectivity index is 1.56. The summed E-state index contributed by atoms with van der Waals surface area (Å²) in [7, 11) is 0. The van der Waals surface area contributed by atoms with Crippen molar-refractivity contribution in [2.24, 2.45) is 5.92 Å². The Hall–Kier alpha value is -4.05. The Morgan fingerprint density at radius 2 is 1.64 bits per heavy atom. The number of nitrogens with one attached hydrogen (secondary N) is 2. The number of hydrogen-bond acceptors (Lipinski definition) is 5. The number of carbonyl (C=O) groups is 3. The van der Waals surface area contributed by atoms with E-state index in [1.165, 1.54) is 28.4 Å². The summed E-state index contributed by atoms with van der Waals surface area (Å²) >= 11 is 7.60. The first kappa shape index (κ1) is 30.0. The highest BCUT2D eigenvalue weighted by Crippen LogP contribution is 2.52. The molecule has 2 aliphatic rings. The Labute approximate surface area is 264 Å². The number of halogens is 2. The molecule has 2 N–H and O–H groups in total. The minimum absolute atomic E-state index is 0.182. The SMILES string of the molecule is Cc1cccc(NC(=O)N2C(C(=O)N3CCNCC3)C(c3ccc(Cl)cc3)C(C(=O)c3cccs3)C2c2ccc(F)cc2)c1. The third-order valence-corrected chi connectivity index (χ3v) is 9.52. The van der Waals surface area contributed by atoms with Crippen molar-refractivity contribution >= 4 is 46.3 Å². The molecule has 0 spiro atoms. The molecule has 2 saturated heterocycles. The maximum atomic E-state index is 14.6. The molecular formula is C34H32ClFN4O3S. The molecule has 2 fully saturated rings. The zero-order chi connectivity index (χ0) is 30.8. The molecule has 0 aliphatic carbocycles. The van der Waals surface area contributed by atoms with Gasteiger partial charge in [0.15, 0.2) is 5.78 Å². The van der Waals surface area contributed by atoms with Gasteiger partial charge in [0.25, 0.3) is 0 Å². The number of amides is 3. The van der Waals surface area contributed by atoms with E-state index >= 15 is 0 Å². The highest BCUT2D eigenvalue weighted by atomic mass is 35.5. The van der Waals surface area contributed by atoms with Gasteiger partial charge in [-0.05, 0) is 71.5 Å². The summed E-state index contributed by atoms with van der Waals surface area (Å²) in [5.74, 6) is -2.41. The van der Waals surface area contributed by atoms with Gasteiger partial charge < -0.3 is 20.4 Å². The second-order valence-electron chi connectivity index (χ2n) is 11.2. The van der Waals surface area contributed by atoms with Gasteiger partial charge in [-0.2, -0.15) is 0 Å². The van der Waals surface area contributed by atoms with Crippen molar-refractivity contribution in [1.82, 2.24) is 15.1 Å². The first-order chi connectivity index (χ1) is 21.3. The molecule has 4 aromatic rings. The van der Waals surface area contributed by atoms with E-state index in [9.17, 15) is 18.8 Å². The molecule has 0 bridgehead atoms. The van der Waals surface area contributed by atoms with Gasteiger partial charge in [0.05, 0.1) is 16.8 Å². The van der Waals surface area contributed by atoms with E-state index in [2.05, 4.69) is 10.6 Å². The number of benzene rings is 3. The number of likely N-dealkylation sites (tertiary alicyclic amines) is 1. The number of carbonyl (C=O) groups excluding carboxylic acids is 3. The Bertz CT molecular complexity index is 1640. The first-order valence-electron chi connectivity index (χ1n) is 14.6. The summed E-state index contributed by atoms with van der Waals surface area (Å²) in [4.78, 5) is 47.5. The summed E-state index contributed by atoms with van der Waals surface area (Å²) in [6.07, 6.45) is 0. The van der Waals surface area contributed by atoms with Gasteiger partial charge in [0.2, 0.25) is 5.91 Å². The van der Waals surface area contributed by atoms with E-state index in [0.29, 0.717) is 47.3 Å². The van der Waals surface area contributed by atoms with Crippen molar-refractivity contribution < 1.29 is 18.8 Å². The average molecular weight is 631 g/mol.